The summed E-state index contributed by atoms with van der Waals surface area (Å²) in [6, 6.07) is 0. The van der Waals surface area contributed by atoms with E-state index in [0.717, 1.165) is 0 Å². The van der Waals surface area contributed by atoms with Crippen molar-refractivity contribution in [1.82, 2.24) is 4.90 Å². The van der Waals surface area contributed by atoms with Crippen molar-refractivity contribution in [1.29, 1.82) is 0 Å². The van der Waals surface area contributed by atoms with E-state index in [0.29, 0.717) is 32.4 Å². The monoisotopic (exact) mass is 242 g/mol. The van der Waals surface area contributed by atoms with E-state index in [4.69, 9.17) is 5.73 Å². The molecule has 5 nitrogen and oxygen atoms in total. The number of hydrogen-bond acceptors (Lipinski definition) is 3. The first kappa shape index (κ1) is 14.0. The second-order valence-corrected chi connectivity index (χ2v) is 5.45. The lowest BCUT2D eigenvalue weighted by Gasteiger charge is -2.40. The van der Waals surface area contributed by atoms with E-state index < -0.39 is 16.9 Å². The Kier molecular flexibility index (Phi) is 3.81. The van der Waals surface area contributed by atoms with Gasteiger partial charge in [0.05, 0.1) is 11.0 Å². The number of rotatable bonds is 3. The molecule has 0 bridgehead atoms. The van der Waals surface area contributed by atoms with Gasteiger partial charge in [-0.3, -0.25) is 9.59 Å². The molecule has 0 atom stereocenters. The zero-order chi connectivity index (χ0) is 13.3. The molecule has 1 rings (SSSR count). The third-order valence-electron chi connectivity index (χ3n) is 3.69. The second-order valence-electron chi connectivity index (χ2n) is 5.45. The van der Waals surface area contributed by atoms with Crippen molar-refractivity contribution in [2.45, 2.75) is 45.6 Å². The first-order chi connectivity index (χ1) is 7.73. The molecule has 0 radical (unpaired) electrons. The summed E-state index contributed by atoms with van der Waals surface area (Å²) in [6.45, 7) is 6.21. The highest BCUT2D eigenvalue weighted by Gasteiger charge is 2.42. The number of amides is 1. The maximum atomic E-state index is 11.9. The van der Waals surface area contributed by atoms with E-state index in [2.05, 4.69) is 0 Å². The largest absolute Gasteiger partial charge is 0.481 e. The zero-order valence-electron chi connectivity index (χ0n) is 10.8. The standard InChI is InChI=1S/C12H22N2O3/c1-4-12(10(16)17)5-7-14(8-6-12)9(15)11(2,3)13/h4-8,13H2,1-3H3,(H,16,17). The van der Waals surface area contributed by atoms with Crippen LogP contribution < -0.4 is 5.73 Å². The molecular weight excluding hydrogens is 220 g/mol. The molecule has 0 aliphatic carbocycles. The van der Waals surface area contributed by atoms with Crippen LogP contribution in [0.2, 0.25) is 0 Å². The topological polar surface area (TPSA) is 83.6 Å². The summed E-state index contributed by atoms with van der Waals surface area (Å²) < 4.78 is 0. The van der Waals surface area contributed by atoms with E-state index in [1.165, 1.54) is 0 Å². The minimum absolute atomic E-state index is 0.104. The lowest BCUT2D eigenvalue weighted by Crippen LogP contribution is -2.55. The molecule has 5 heteroatoms. The highest BCUT2D eigenvalue weighted by molar-refractivity contribution is 5.85. The molecule has 0 aromatic carbocycles. The van der Waals surface area contributed by atoms with Crippen LogP contribution >= 0.6 is 0 Å². The van der Waals surface area contributed by atoms with Crippen molar-refractivity contribution in [3.05, 3.63) is 0 Å². The molecule has 3 N–H and O–H groups in total. The van der Waals surface area contributed by atoms with Crippen molar-refractivity contribution in [3.8, 4) is 0 Å². The van der Waals surface area contributed by atoms with E-state index in [1.54, 1.807) is 18.7 Å². The van der Waals surface area contributed by atoms with Gasteiger partial charge in [-0.25, -0.2) is 0 Å². The Morgan fingerprint density at radius 1 is 1.35 bits per heavy atom. The van der Waals surface area contributed by atoms with Crippen LogP contribution in [0.15, 0.2) is 0 Å². The molecule has 1 saturated heterocycles. The van der Waals surface area contributed by atoms with Crippen LogP contribution in [0, 0.1) is 5.41 Å². The Balaban J connectivity index is 2.68. The summed E-state index contributed by atoms with van der Waals surface area (Å²) in [6.07, 6.45) is 1.64. The molecule has 98 valence electrons. The number of nitrogens with zero attached hydrogens (tertiary/aromatic N) is 1. The predicted octanol–water partition coefficient (Wildman–Crippen LogP) is 0.827. The highest BCUT2D eigenvalue weighted by atomic mass is 16.4. The fourth-order valence-electron chi connectivity index (χ4n) is 2.26. The molecule has 1 aliphatic heterocycles. The van der Waals surface area contributed by atoms with E-state index in [-0.39, 0.29) is 5.91 Å². The molecule has 0 spiro atoms. The molecule has 1 amide bonds. The van der Waals surface area contributed by atoms with Crippen LogP contribution in [0.1, 0.15) is 40.0 Å². The Morgan fingerprint density at radius 2 is 1.82 bits per heavy atom. The van der Waals surface area contributed by atoms with Gasteiger partial charge >= 0.3 is 5.97 Å². The lowest BCUT2D eigenvalue weighted by atomic mass is 9.76. The van der Waals surface area contributed by atoms with Crippen LogP contribution in [0.4, 0.5) is 0 Å². The number of nitrogens with two attached hydrogens (primary N) is 1. The Hall–Kier alpha value is -1.10. The summed E-state index contributed by atoms with van der Waals surface area (Å²) in [5.74, 6) is -0.855. The minimum Gasteiger partial charge on any atom is -0.481 e. The van der Waals surface area contributed by atoms with Gasteiger partial charge in [0.2, 0.25) is 5.91 Å². The maximum Gasteiger partial charge on any atom is 0.309 e. The Morgan fingerprint density at radius 3 is 2.12 bits per heavy atom. The normalized spacial score (nSPS) is 20.1. The van der Waals surface area contributed by atoms with Gasteiger partial charge in [0.25, 0.3) is 0 Å². The SMILES string of the molecule is CCC1(C(=O)O)CCN(C(=O)C(C)(C)N)CC1. The first-order valence-electron chi connectivity index (χ1n) is 6.04. The fourth-order valence-corrected chi connectivity index (χ4v) is 2.26. The molecular formula is C12H22N2O3. The second kappa shape index (κ2) is 4.64. The molecule has 1 fully saturated rings. The van der Waals surface area contributed by atoms with Crippen molar-refractivity contribution in [2.75, 3.05) is 13.1 Å². The molecule has 1 aliphatic rings. The summed E-state index contributed by atoms with van der Waals surface area (Å²) in [4.78, 5) is 24.9. The van der Waals surface area contributed by atoms with Gasteiger partial charge in [-0.1, -0.05) is 6.92 Å². The average molecular weight is 242 g/mol. The van der Waals surface area contributed by atoms with E-state index >= 15 is 0 Å². The molecule has 0 saturated carbocycles. The van der Waals surface area contributed by atoms with Gasteiger partial charge in [0, 0.05) is 13.1 Å². The smallest absolute Gasteiger partial charge is 0.309 e. The number of piperidine rings is 1. The van der Waals surface area contributed by atoms with Crippen molar-refractivity contribution >= 4 is 11.9 Å². The lowest BCUT2D eigenvalue weighted by molar-refractivity contribution is -0.155. The number of carbonyl (C=O) groups is 2. The molecule has 17 heavy (non-hydrogen) atoms. The number of carboxylic acids is 1. The first-order valence-corrected chi connectivity index (χ1v) is 6.04. The number of hydrogen-bond donors (Lipinski definition) is 2. The number of aliphatic carboxylic acids is 1. The summed E-state index contributed by atoms with van der Waals surface area (Å²) in [5, 5.41) is 9.25. The van der Waals surface area contributed by atoms with E-state index in [9.17, 15) is 14.7 Å². The molecule has 0 aromatic rings. The van der Waals surface area contributed by atoms with Gasteiger partial charge in [-0.15, -0.1) is 0 Å². The van der Waals surface area contributed by atoms with Crippen LogP contribution in [-0.4, -0.2) is 40.5 Å². The fraction of sp³-hybridized carbons (Fsp3) is 0.833. The van der Waals surface area contributed by atoms with Crippen LogP contribution in [0.5, 0.6) is 0 Å². The summed E-state index contributed by atoms with van der Waals surface area (Å²) in [5.41, 5.74) is 4.23. The predicted molar refractivity (Wildman–Crippen MR) is 64.4 cm³/mol. The van der Waals surface area contributed by atoms with Gasteiger partial charge in [0.1, 0.15) is 0 Å². The third kappa shape index (κ3) is 2.77. The van der Waals surface area contributed by atoms with Crippen LogP contribution in [0.3, 0.4) is 0 Å². The van der Waals surface area contributed by atoms with Gasteiger partial charge in [-0.2, -0.15) is 0 Å². The van der Waals surface area contributed by atoms with Crippen molar-refractivity contribution < 1.29 is 14.7 Å². The molecule has 0 aromatic heterocycles. The summed E-state index contributed by atoms with van der Waals surface area (Å²) >= 11 is 0. The molecule has 1 heterocycles. The maximum absolute atomic E-state index is 11.9. The minimum atomic E-state index is -0.880. The Bertz CT molecular complexity index is 312. The van der Waals surface area contributed by atoms with Gasteiger partial charge in [-0.05, 0) is 33.1 Å². The average Bonchev–Trinajstić information content (AvgIpc) is 2.26. The number of carboxylic acid groups (broad SMARTS) is 1. The zero-order valence-corrected chi connectivity index (χ0v) is 10.8. The number of carbonyl (C=O) groups excluding carboxylic acids is 1. The van der Waals surface area contributed by atoms with Crippen LogP contribution in [0.25, 0.3) is 0 Å². The van der Waals surface area contributed by atoms with Crippen molar-refractivity contribution in [2.24, 2.45) is 11.1 Å². The van der Waals surface area contributed by atoms with Gasteiger partial charge < -0.3 is 15.7 Å². The number of likely N-dealkylation sites (tertiary alicyclic amines) is 1. The third-order valence-corrected chi connectivity index (χ3v) is 3.69. The van der Waals surface area contributed by atoms with Gasteiger partial charge in [0.15, 0.2) is 0 Å². The Labute approximate surface area is 102 Å². The van der Waals surface area contributed by atoms with Crippen molar-refractivity contribution in [3.63, 3.8) is 0 Å². The van der Waals surface area contributed by atoms with Crippen LogP contribution in [-0.2, 0) is 9.59 Å². The van der Waals surface area contributed by atoms with E-state index in [1.807, 2.05) is 6.92 Å². The quantitative estimate of drug-likeness (QED) is 0.767. The highest BCUT2D eigenvalue weighted by Crippen LogP contribution is 2.35. The summed E-state index contributed by atoms with van der Waals surface area (Å²) in [7, 11) is 0. The molecule has 0 unspecified atom stereocenters.